The Morgan fingerprint density at radius 3 is 2.82 bits per heavy atom. The number of fused-ring (bicyclic) bond motifs is 5. The number of hydrogen-bond acceptors (Lipinski definition) is 5. The van der Waals surface area contributed by atoms with Crippen LogP contribution in [0, 0.1) is 0 Å². The Balaban J connectivity index is 1.63. The Morgan fingerprint density at radius 1 is 1.11 bits per heavy atom. The van der Waals surface area contributed by atoms with E-state index in [-0.39, 0.29) is 12.3 Å². The van der Waals surface area contributed by atoms with Crippen LogP contribution in [-0.2, 0) is 11.2 Å². The number of aromatic nitrogens is 2. The molecule has 0 fully saturated rings. The molecule has 0 bridgehead atoms. The molecule has 0 saturated heterocycles. The van der Waals surface area contributed by atoms with Gasteiger partial charge in [-0.3, -0.25) is 4.79 Å². The lowest BCUT2D eigenvalue weighted by Crippen LogP contribution is -2.12. The van der Waals surface area contributed by atoms with Gasteiger partial charge in [0.05, 0.1) is 22.2 Å². The summed E-state index contributed by atoms with van der Waals surface area (Å²) in [6, 6.07) is 12.7. The predicted octanol–water partition coefficient (Wildman–Crippen LogP) is 5.43. The summed E-state index contributed by atoms with van der Waals surface area (Å²) in [5.41, 5.74) is 3.26. The third-order valence-electron chi connectivity index (χ3n) is 4.47. The Hall–Kier alpha value is -3.09. The van der Waals surface area contributed by atoms with Gasteiger partial charge in [-0.15, -0.1) is 0 Å². The lowest BCUT2D eigenvalue weighted by molar-refractivity contribution is -0.115. The number of nitrogens with zero attached hydrogens (tertiary/aromatic N) is 2. The molecule has 0 atom stereocenters. The number of hydrogen-bond donors (Lipinski definition) is 2. The molecule has 0 unspecified atom stereocenters. The van der Waals surface area contributed by atoms with E-state index in [0.29, 0.717) is 50.0 Å². The number of nitrogens with one attached hydrogen (secondary N) is 2. The molecule has 3 heterocycles. The molecule has 138 valence electrons. The van der Waals surface area contributed by atoms with Gasteiger partial charge in [0, 0.05) is 22.8 Å². The van der Waals surface area contributed by atoms with Crippen LogP contribution in [0.1, 0.15) is 5.56 Å². The third-order valence-corrected chi connectivity index (χ3v) is 5.21. The van der Waals surface area contributed by atoms with Crippen LogP contribution in [0.2, 0.25) is 10.0 Å². The second-order valence-electron chi connectivity index (χ2n) is 6.35. The molecule has 0 spiro atoms. The SMILES string of the molecule is O=C1Cc2cnc(Nc3ccc(Cl)c(Cl)c3)nc2-c2oc3ccccc3c2N1. The van der Waals surface area contributed by atoms with E-state index in [9.17, 15) is 4.79 Å². The third kappa shape index (κ3) is 2.87. The monoisotopic (exact) mass is 410 g/mol. The standard InChI is InChI=1S/C20H12Cl2N4O2/c21-13-6-5-11(8-14(13)22)24-20-23-9-10-7-16(27)25-18-12-3-1-2-4-15(12)28-19(18)17(10)26-20/h1-6,8-9H,7H2,(H,25,27)(H,23,24,26). The molecule has 1 aliphatic heterocycles. The van der Waals surface area contributed by atoms with Crippen molar-refractivity contribution < 1.29 is 9.21 Å². The molecule has 2 N–H and O–H groups in total. The summed E-state index contributed by atoms with van der Waals surface area (Å²) < 4.78 is 6.01. The number of carbonyl (C=O) groups is 1. The molecule has 1 amide bonds. The zero-order valence-corrected chi connectivity index (χ0v) is 15.8. The number of anilines is 3. The molecule has 4 aromatic rings. The van der Waals surface area contributed by atoms with Crippen LogP contribution in [0.15, 0.2) is 53.1 Å². The highest BCUT2D eigenvalue weighted by atomic mass is 35.5. The van der Waals surface area contributed by atoms with Crippen molar-refractivity contribution in [2.24, 2.45) is 0 Å². The molecular formula is C20H12Cl2N4O2. The second kappa shape index (κ2) is 6.51. The fourth-order valence-corrected chi connectivity index (χ4v) is 3.49. The Labute approximate surface area is 169 Å². The van der Waals surface area contributed by atoms with Crippen LogP contribution in [0.25, 0.3) is 22.4 Å². The lowest BCUT2D eigenvalue weighted by Gasteiger charge is -2.09. The van der Waals surface area contributed by atoms with Gasteiger partial charge < -0.3 is 15.1 Å². The summed E-state index contributed by atoms with van der Waals surface area (Å²) in [6.45, 7) is 0. The Bertz CT molecular complexity index is 1250. The van der Waals surface area contributed by atoms with Gasteiger partial charge in [0.2, 0.25) is 11.9 Å². The van der Waals surface area contributed by atoms with Crippen molar-refractivity contribution in [3.63, 3.8) is 0 Å². The maximum atomic E-state index is 12.3. The first-order valence-corrected chi connectivity index (χ1v) is 9.24. The zero-order chi connectivity index (χ0) is 19.3. The average Bonchev–Trinajstić information content (AvgIpc) is 2.97. The van der Waals surface area contributed by atoms with Gasteiger partial charge in [-0.1, -0.05) is 35.3 Å². The summed E-state index contributed by atoms with van der Waals surface area (Å²) in [7, 11) is 0. The molecule has 28 heavy (non-hydrogen) atoms. The van der Waals surface area contributed by atoms with Crippen LogP contribution >= 0.6 is 23.2 Å². The van der Waals surface area contributed by atoms with Crippen LogP contribution < -0.4 is 10.6 Å². The first-order chi connectivity index (χ1) is 13.6. The highest BCUT2D eigenvalue weighted by Crippen LogP contribution is 2.40. The average molecular weight is 411 g/mol. The summed E-state index contributed by atoms with van der Waals surface area (Å²) in [5, 5.41) is 7.75. The van der Waals surface area contributed by atoms with Crippen molar-refractivity contribution >= 4 is 57.4 Å². The summed E-state index contributed by atoms with van der Waals surface area (Å²) in [6.07, 6.45) is 1.80. The largest absolute Gasteiger partial charge is 0.452 e. The molecule has 2 aromatic carbocycles. The highest BCUT2D eigenvalue weighted by molar-refractivity contribution is 6.42. The van der Waals surface area contributed by atoms with Gasteiger partial charge in [0.15, 0.2) is 5.76 Å². The first-order valence-electron chi connectivity index (χ1n) is 8.48. The molecule has 6 nitrogen and oxygen atoms in total. The van der Waals surface area contributed by atoms with Gasteiger partial charge in [0.25, 0.3) is 0 Å². The van der Waals surface area contributed by atoms with Crippen LogP contribution in [0.3, 0.4) is 0 Å². The zero-order valence-electron chi connectivity index (χ0n) is 14.3. The smallest absolute Gasteiger partial charge is 0.229 e. The number of carbonyl (C=O) groups excluding carboxylic acids is 1. The first kappa shape index (κ1) is 17.0. The predicted molar refractivity (Wildman–Crippen MR) is 109 cm³/mol. The second-order valence-corrected chi connectivity index (χ2v) is 7.16. The summed E-state index contributed by atoms with van der Waals surface area (Å²) in [4.78, 5) is 21.3. The topological polar surface area (TPSA) is 80.1 Å². The van der Waals surface area contributed by atoms with E-state index in [2.05, 4.69) is 20.6 Å². The molecule has 2 aromatic heterocycles. The molecule has 0 radical (unpaired) electrons. The number of rotatable bonds is 2. The minimum Gasteiger partial charge on any atom is -0.452 e. The Kier molecular flexibility index (Phi) is 3.96. The van der Waals surface area contributed by atoms with Crippen molar-refractivity contribution in [3.8, 4) is 11.5 Å². The number of para-hydroxylation sites is 1. The summed E-state index contributed by atoms with van der Waals surface area (Å²) >= 11 is 12.0. The number of benzene rings is 2. The van der Waals surface area contributed by atoms with Crippen LogP contribution in [0.5, 0.6) is 0 Å². The molecule has 0 aliphatic carbocycles. The molecular weight excluding hydrogens is 399 g/mol. The van der Waals surface area contributed by atoms with Crippen molar-refractivity contribution in [3.05, 3.63) is 64.3 Å². The van der Waals surface area contributed by atoms with Crippen LogP contribution in [0.4, 0.5) is 17.3 Å². The van der Waals surface area contributed by atoms with Gasteiger partial charge in [-0.25, -0.2) is 9.97 Å². The Morgan fingerprint density at radius 2 is 1.96 bits per heavy atom. The van der Waals surface area contributed by atoms with Crippen LogP contribution in [-0.4, -0.2) is 15.9 Å². The van der Waals surface area contributed by atoms with Gasteiger partial charge in [0.1, 0.15) is 11.3 Å². The van der Waals surface area contributed by atoms with Gasteiger partial charge in [-0.05, 0) is 30.3 Å². The summed E-state index contributed by atoms with van der Waals surface area (Å²) in [5.74, 6) is 0.736. The van der Waals surface area contributed by atoms with E-state index in [0.717, 1.165) is 5.39 Å². The van der Waals surface area contributed by atoms with E-state index >= 15 is 0 Å². The highest BCUT2D eigenvalue weighted by Gasteiger charge is 2.26. The van der Waals surface area contributed by atoms with E-state index < -0.39 is 0 Å². The van der Waals surface area contributed by atoms with E-state index in [1.807, 2.05) is 24.3 Å². The van der Waals surface area contributed by atoms with Crippen molar-refractivity contribution in [2.45, 2.75) is 6.42 Å². The molecule has 5 rings (SSSR count). The molecule has 0 saturated carbocycles. The minimum atomic E-state index is -0.139. The number of furan rings is 1. The normalized spacial score (nSPS) is 12.9. The minimum absolute atomic E-state index is 0.139. The van der Waals surface area contributed by atoms with Crippen molar-refractivity contribution in [1.29, 1.82) is 0 Å². The fraction of sp³-hybridized carbons (Fsp3) is 0.0500. The van der Waals surface area contributed by atoms with E-state index in [1.54, 1.807) is 24.4 Å². The molecule has 1 aliphatic rings. The maximum absolute atomic E-state index is 12.3. The number of amides is 1. The van der Waals surface area contributed by atoms with Gasteiger partial charge >= 0.3 is 0 Å². The van der Waals surface area contributed by atoms with E-state index in [1.165, 1.54) is 0 Å². The van der Waals surface area contributed by atoms with E-state index in [4.69, 9.17) is 27.6 Å². The maximum Gasteiger partial charge on any atom is 0.229 e. The molecule has 8 heteroatoms. The number of halogens is 2. The quantitative estimate of drug-likeness (QED) is 0.460. The lowest BCUT2D eigenvalue weighted by atomic mass is 10.1. The van der Waals surface area contributed by atoms with Crippen molar-refractivity contribution in [2.75, 3.05) is 10.6 Å². The fourth-order valence-electron chi connectivity index (χ4n) is 3.19. The van der Waals surface area contributed by atoms with Gasteiger partial charge in [-0.2, -0.15) is 0 Å². The van der Waals surface area contributed by atoms with Crippen molar-refractivity contribution in [1.82, 2.24) is 9.97 Å².